The van der Waals surface area contributed by atoms with E-state index >= 15 is 0 Å². The minimum absolute atomic E-state index is 0.321. The number of rotatable bonds is 2. The molecule has 2 aromatic rings. The van der Waals surface area contributed by atoms with Crippen LogP contribution in [-0.4, -0.2) is 30.4 Å². The third kappa shape index (κ3) is 1.46. The zero-order chi connectivity index (χ0) is 11.9. The molecular weight excluding hydrogens is 212 g/mol. The molecule has 2 heterocycles. The molecule has 0 aliphatic heterocycles. The Morgan fingerprint density at radius 3 is 2.88 bits per heavy atom. The predicted octanol–water partition coefficient (Wildman–Crippen LogP) is -0.477. The van der Waals surface area contributed by atoms with Crippen molar-refractivity contribution in [1.82, 2.24) is 19.3 Å². The Balaban J connectivity index is 2.74. The zero-order valence-corrected chi connectivity index (χ0v) is 8.84. The molecule has 2 rings (SSSR count). The van der Waals surface area contributed by atoms with E-state index < -0.39 is 18.1 Å². The molecule has 0 atom stereocenters. The van der Waals surface area contributed by atoms with Crippen molar-refractivity contribution < 1.29 is 9.90 Å². The van der Waals surface area contributed by atoms with Crippen LogP contribution in [0.2, 0.25) is 0 Å². The van der Waals surface area contributed by atoms with Crippen molar-refractivity contribution in [2.24, 2.45) is 7.05 Å². The fourth-order valence-corrected chi connectivity index (χ4v) is 1.62. The molecule has 0 bridgehead atoms. The van der Waals surface area contributed by atoms with Gasteiger partial charge in [-0.3, -0.25) is 18.8 Å². The molecule has 7 heteroatoms. The second-order valence-corrected chi connectivity index (χ2v) is 3.48. The first-order chi connectivity index (χ1) is 7.50. The van der Waals surface area contributed by atoms with Crippen LogP contribution in [-0.2, 0) is 18.4 Å². The molecule has 0 fully saturated rings. The van der Waals surface area contributed by atoms with E-state index in [-0.39, 0.29) is 0 Å². The second kappa shape index (κ2) is 3.44. The SMILES string of the molecule is Cc1nn(C)c2c(=O)n(CC(=O)O)cnc12. The summed E-state index contributed by atoms with van der Waals surface area (Å²) in [4.78, 5) is 26.5. The van der Waals surface area contributed by atoms with Crippen molar-refractivity contribution in [3.8, 4) is 0 Å². The molecule has 0 saturated carbocycles. The number of carbonyl (C=O) groups is 1. The van der Waals surface area contributed by atoms with E-state index in [1.54, 1.807) is 14.0 Å². The number of carboxylic acid groups (broad SMARTS) is 1. The molecule has 2 aromatic heterocycles. The molecule has 0 aliphatic carbocycles. The summed E-state index contributed by atoms with van der Waals surface area (Å²) in [6, 6.07) is 0. The Kier molecular flexibility index (Phi) is 2.22. The minimum Gasteiger partial charge on any atom is -0.480 e. The van der Waals surface area contributed by atoms with Gasteiger partial charge in [0.05, 0.1) is 12.0 Å². The molecule has 0 spiro atoms. The van der Waals surface area contributed by atoms with Gasteiger partial charge >= 0.3 is 5.97 Å². The van der Waals surface area contributed by atoms with Gasteiger partial charge in [0.15, 0.2) is 5.52 Å². The number of fused-ring (bicyclic) bond motifs is 1. The van der Waals surface area contributed by atoms with E-state index in [1.165, 1.54) is 11.0 Å². The molecular formula is C9H10N4O3. The van der Waals surface area contributed by atoms with Gasteiger partial charge in [0.25, 0.3) is 5.56 Å². The fraction of sp³-hybridized carbons (Fsp3) is 0.333. The summed E-state index contributed by atoms with van der Waals surface area (Å²) in [7, 11) is 1.63. The van der Waals surface area contributed by atoms with Crippen molar-refractivity contribution in [2.75, 3.05) is 0 Å². The monoisotopic (exact) mass is 222 g/mol. The molecule has 16 heavy (non-hydrogen) atoms. The van der Waals surface area contributed by atoms with Crippen LogP contribution in [0, 0.1) is 6.92 Å². The van der Waals surface area contributed by atoms with Gasteiger partial charge < -0.3 is 5.11 Å². The molecule has 0 unspecified atom stereocenters. The zero-order valence-electron chi connectivity index (χ0n) is 8.84. The van der Waals surface area contributed by atoms with Crippen LogP contribution in [0.25, 0.3) is 11.0 Å². The number of aromatic nitrogens is 4. The Bertz CT molecular complexity index is 625. The highest BCUT2D eigenvalue weighted by molar-refractivity contribution is 5.76. The average Bonchev–Trinajstić information content (AvgIpc) is 2.46. The lowest BCUT2D eigenvalue weighted by Gasteiger charge is -2.01. The summed E-state index contributed by atoms with van der Waals surface area (Å²) in [5, 5.41) is 12.7. The van der Waals surface area contributed by atoms with Crippen molar-refractivity contribution in [2.45, 2.75) is 13.5 Å². The Hall–Kier alpha value is -2.18. The second-order valence-electron chi connectivity index (χ2n) is 3.48. The van der Waals surface area contributed by atoms with Crippen molar-refractivity contribution in [3.63, 3.8) is 0 Å². The molecule has 0 radical (unpaired) electrons. The number of aryl methyl sites for hydroxylation is 2. The fourth-order valence-electron chi connectivity index (χ4n) is 1.62. The number of hydrogen-bond donors (Lipinski definition) is 1. The standard InChI is InChI=1S/C9H10N4O3/c1-5-7-8(12(2)11-5)9(16)13(4-10-7)3-6(14)15/h4H,3H2,1-2H3,(H,14,15). The highest BCUT2D eigenvalue weighted by Gasteiger charge is 2.13. The van der Waals surface area contributed by atoms with Crippen LogP contribution in [0.5, 0.6) is 0 Å². The summed E-state index contributed by atoms with van der Waals surface area (Å²) < 4.78 is 2.46. The lowest BCUT2D eigenvalue weighted by atomic mass is 10.3. The summed E-state index contributed by atoms with van der Waals surface area (Å²) in [6.07, 6.45) is 1.23. The van der Waals surface area contributed by atoms with Gasteiger partial charge in [-0.25, -0.2) is 4.98 Å². The average molecular weight is 222 g/mol. The number of aliphatic carboxylic acids is 1. The molecule has 0 amide bonds. The van der Waals surface area contributed by atoms with Gasteiger partial charge in [-0.15, -0.1) is 0 Å². The maximum atomic E-state index is 11.9. The van der Waals surface area contributed by atoms with Gasteiger partial charge in [-0.1, -0.05) is 0 Å². The van der Waals surface area contributed by atoms with E-state index in [2.05, 4.69) is 10.1 Å². The Labute approximate surface area is 89.9 Å². The molecule has 84 valence electrons. The van der Waals surface area contributed by atoms with Crippen LogP contribution in [0.4, 0.5) is 0 Å². The first-order valence-electron chi connectivity index (χ1n) is 4.61. The van der Waals surface area contributed by atoms with Crippen molar-refractivity contribution in [3.05, 3.63) is 22.4 Å². The van der Waals surface area contributed by atoms with Crippen LogP contribution < -0.4 is 5.56 Å². The Morgan fingerprint density at radius 1 is 1.56 bits per heavy atom. The van der Waals surface area contributed by atoms with E-state index in [1.807, 2.05) is 0 Å². The predicted molar refractivity (Wildman–Crippen MR) is 55.1 cm³/mol. The van der Waals surface area contributed by atoms with Gasteiger partial charge in [-0.05, 0) is 6.92 Å². The number of nitrogens with zero attached hydrogens (tertiary/aromatic N) is 4. The Morgan fingerprint density at radius 2 is 2.25 bits per heavy atom. The highest BCUT2D eigenvalue weighted by Crippen LogP contribution is 2.09. The van der Waals surface area contributed by atoms with Crippen LogP contribution >= 0.6 is 0 Å². The molecule has 0 aliphatic rings. The molecule has 1 N–H and O–H groups in total. The normalized spacial score (nSPS) is 10.9. The first kappa shape index (κ1) is 10.3. The topological polar surface area (TPSA) is 90.0 Å². The van der Waals surface area contributed by atoms with Crippen molar-refractivity contribution >= 4 is 17.0 Å². The lowest BCUT2D eigenvalue weighted by molar-refractivity contribution is -0.137. The maximum absolute atomic E-state index is 11.9. The third-order valence-electron chi connectivity index (χ3n) is 2.29. The van der Waals surface area contributed by atoms with E-state index in [0.29, 0.717) is 16.7 Å². The summed E-state index contributed by atoms with van der Waals surface area (Å²) in [6.45, 7) is 1.35. The maximum Gasteiger partial charge on any atom is 0.323 e. The van der Waals surface area contributed by atoms with Gasteiger partial charge in [-0.2, -0.15) is 5.10 Å². The largest absolute Gasteiger partial charge is 0.480 e. The quantitative estimate of drug-likeness (QED) is 0.741. The first-order valence-corrected chi connectivity index (χ1v) is 4.61. The van der Waals surface area contributed by atoms with Gasteiger partial charge in [0, 0.05) is 7.05 Å². The van der Waals surface area contributed by atoms with Crippen LogP contribution in [0.15, 0.2) is 11.1 Å². The molecule has 0 saturated heterocycles. The van der Waals surface area contributed by atoms with Crippen LogP contribution in [0.3, 0.4) is 0 Å². The summed E-state index contributed by atoms with van der Waals surface area (Å²) in [5.74, 6) is -1.08. The number of hydrogen-bond acceptors (Lipinski definition) is 4. The van der Waals surface area contributed by atoms with E-state index in [0.717, 1.165) is 4.57 Å². The van der Waals surface area contributed by atoms with E-state index in [4.69, 9.17) is 5.11 Å². The van der Waals surface area contributed by atoms with Crippen LogP contribution in [0.1, 0.15) is 5.69 Å². The smallest absolute Gasteiger partial charge is 0.323 e. The third-order valence-corrected chi connectivity index (χ3v) is 2.29. The lowest BCUT2D eigenvalue weighted by Crippen LogP contribution is -2.25. The number of carboxylic acids is 1. The molecule has 0 aromatic carbocycles. The highest BCUT2D eigenvalue weighted by atomic mass is 16.4. The van der Waals surface area contributed by atoms with Gasteiger partial charge in [0.1, 0.15) is 12.1 Å². The summed E-state index contributed by atoms with van der Waals surface area (Å²) >= 11 is 0. The minimum atomic E-state index is -1.08. The van der Waals surface area contributed by atoms with Crippen molar-refractivity contribution in [1.29, 1.82) is 0 Å². The van der Waals surface area contributed by atoms with E-state index in [9.17, 15) is 9.59 Å². The summed E-state index contributed by atoms with van der Waals surface area (Å²) in [5.41, 5.74) is 1.09. The van der Waals surface area contributed by atoms with Gasteiger partial charge in [0.2, 0.25) is 0 Å². The molecule has 7 nitrogen and oxygen atoms in total.